The van der Waals surface area contributed by atoms with Crippen molar-refractivity contribution in [3.05, 3.63) is 68.8 Å². The van der Waals surface area contributed by atoms with Gasteiger partial charge in [-0.05, 0) is 46.3 Å². The van der Waals surface area contributed by atoms with E-state index in [-0.39, 0.29) is 29.9 Å². The highest BCUT2D eigenvalue weighted by Crippen LogP contribution is 2.27. The molecule has 0 N–H and O–H groups in total. The lowest BCUT2D eigenvalue weighted by Gasteiger charge is -2.05. The number of aromatic nitrogens is 2. The molecule has 0 saturated carbocycles. The molecule has 0 spiro atoms. The van der Waals surface area contributed by atoms with Gasteiger partial charge in [-0.3, -0.25) is 10.1 Å². The van der Waals surface area contributed by atoms with Gasteiger partial charge in [-0.2, -0.15) is 0 Å². The first kappa shape index (κ1) is 16.1. The van der Waals surface area contributed by atoms with E-state index >= 15 is 0 Å². The van der Waals surface area contributed by atoms with Crippen LogP contribution < -0.4 is 4.74 Å². The van der Waals surface area contributed by atoms with Crippen molar-refractivity contribution < 1.29 is 18.5 Å². The smallest absolute Gasteiger partial charge is 0.269 e. The molecule has 2 aromatic carbocycles. The predicted molar refractivity (Wildman–Crippen MR) is 84.8 cm³/mol. The molecule has 0 saturated heterocycles. The molecule has 0 atom stereocenters. The number of benzene rings is 2. The fourth-order valence-electron chi connectivity index (χ4n) is 1.89. The third-order valence-electron chi connectivity index (χ3n) is 3.04. The zero-order valence-corrected chi connectivity index (χ0v) is 13.6. The minimum Gasteiger partial charge on any atom is -0.483 e. The first-order valence-corrected chi connectivity index (χ1v) is 7.47. The average Bonchev–Trinajstić information content (AvgIpc) is 3.03. The summed E-state index contributed by atoms with van der Waals surface area (Å²) in [5.74, 6) is 0.500. The SMILES string of the molecule is O=[N+]([O-])c1ccc(-c2nnc(COc3ccc(F)cc3Br)o2)cc1. The highest BCUT2D eigenvalue weighted by Gasteiger charge is 2.12. The summed E-state index contributed by atoms with van der Waals surface area (Å²) in [5.41, 5.74) is 0.533. The van der Waals surface area contributed by atoms with E-state index in [1.54, 1.807) is 0 Å². The quantitative estimate of drug-likeness (QED) is 0.478. The molecule has 9 heteroatoms. The summed E-state index contributed by atoms with van der Waals surface area (Å²) < 4.78 is 24.4. The van der Waals surface area contributed by atoms with Crippen LogP contribution in [0.4, 0.5) is 10.1 Å². The van der Waals surface area contributed by atoms with Crippen LogP contribution in [0.25, 0.3) is 11.5 Å². The first-order chi connectivity index (χ1) is 11.5. The highest BCUT2D eigenvalue weighted by molar-refractivity contribution is 9.10. The lowest BCUT2D eigenvalue weighted by atomic mass is 10.2. The molecule has 0 fully saturated rings. The van der Waals surface area contributed by atoms with Crippen molar-refractivity contribution in [1.29, 1.82) is 0 Å². The lowest BCUT2D eigenvalue weighted by Crippen LogP contribution is -1.96. The van der Waals surface area contributed by atoms with Crippen molar-refractivity contribution in [2.24, 2.45) is 0 Å². The maximum Gasteiger partial charge on any atom is 0.269 e. The Morgan fingerprint density at radius 2 is 1.96 bits per heavy atom. The van der Waals surface area contributed by atoms with Crippen LogP contribution >= 0.6 is 15.9 Å². The minimum absolute atomic E-state index is 0.00418. The third-order valence-corrected chi connectivity index (χ3v) is 3.66. The van der Waals surface area contributed by atoms with Crippen molar-refractivity contribution >= 4 is 21.6 Å². The standard InChI is InChI=1S/C15H9BrFN3O4/c16-12-7-10(17)3-6-13(12)23-8-14-18-19-15(24-14)9-1-4-11(5-2-9)20(21)22/h1-7H,8H2. The third kappa shape index (κ3) is 3.57. The van der Waals surface area contributed by atoms with Gasteiger partial charge in [0.25, 0.3) is 11.6 Å². The molecule has 0 unspecified atom stereocenters. The Kier molecular flexibility index (Phi) is 4.52. The lowest BCUT2D eigenvalue weighted by molar-refractivity contribution is -0.384. The Morgan fingerprint density at radius 1 is 1.21 bits per heavy atom. The number of hydrogen-bond acceptors (Lipinski definition) is 6. The van der Waals surface area contributed by atoms with Crippen LogP contribution in [-0.4, -0.2) is 15.1 Å². The van der Waals surface area contributed by atoms with Gasteiger partial charge in [0, 0.05) is 17.7 Å². The first-order valence-electron chi connectivity index (χ1n) is 6.68. The van der Waals surface area contributed by atoms with Crippen molar-refractivity contribution in [1.82, 2.24) is 10.2 Å². The summed E-state index contributed by atoms with van der Waals surface area (Å²) in [4.78, 5) is 10.1. The van der Waals surface area contributed by atoms with E-state index in [1.165, 1.54) is 42.5 Å². The van der Waals surface area contributed by atoms with Crippen LogP contribution in [0.5, 0.6) is 5.75 Å². The summed E-state index contributed by atoms with van der Waals surface area (Å²) in [5, 5.41) is 18.4. The molecule has 0 aliphatic rings. The number of nitro benzene ring substituents is 1. The topological polar surface area (TPSA) is 91.3 Å². The van der Waals surface area contributed by atoms with Gasteiger partial charge in [-0.1, -0.05) is 0 Å². The van der Waals surface area contributed by atoms with Crippen molar-refractivity contribution in [3.63, 3.8) is 0 Å². The van der Waals surface area contributed by atoms with Crippen molar-refractivity contribution in [2.75, 3.05) is 0 Å². The van der Waals surface area contributed by atoms with E-state index in [4.69, 9.17) is 9.15 Å². The zero-order valence-electron chi connectivity index (χ0n) is 12.0. The van der Waals surface area contributed by atoms with Gasteiger partial charge in [-0.25, -0.2) is 4.39 Å². The Balaban J connectivity index is 1.70. The second kappa shape index (κ2) is 6.75. The van der Waals surface area contributed by atoms with E-state index in [0.29, 0.717) is 15.8 Å². The van der Waals surface area contributed by atoms with E-state index < -0.39 is 4.92 Å². The summed E-state index contributed by atoms with van der Waals surface area (Å²) >= 11 is 3.19. The van der Waals surface area contributed by atoms with Crippen LogP contribution in [0.2, 0.25) is 0 Å². The fraction of sp³-hybridized carbons (Fsp3) is 0.0667. The average molecular weight is 394 g/mol. The van der Waals surface area contributed by atoms with E-state index in [1.807, 2.05) is 0 Å². The number of ether oxygens (including phenoxy) is 1. The molecule has 1 heterocycles. The van der Waals surface area contributed by atoms with E-state index in [0.717, 1.165) is 0 Å². The van der Waals surface area contributed by atoms with Crippen molar-refractivity contribution in [3.8, 4) is 17.2 Å². The molecule has 3 aromatic rings. The normalized spacial score (nSPS) is 10.6. The monoisotopic (exact) mass is 393 g/mol. The van der Waals surface area contributed by atoms with Crippen LogP contribution in [-0.2, 0) is 6.61 Å². The van der Waals surface area contributed by atoms with Gasteiger partial charge >= 0.3 is 0 Å². The molecule has 0 radical (unpaired) electrons. The second-order valence-electron chi connectivity index (χ2n) is 4.67. The van der Waals surface area contributed by atoms with Crippen LogP contribution in [0.15, 0.2) is 51.4 Å². The number of nitrogens with zero attached hydrogens (tertiary/aromatic N) is 3. The molecular formula is C15H9BrFN3O4. The van der Waals surface area contributed by atoms with Gasteiger partial charge in [0.15, 0.2) is 6.61 Å². The van der Waals surface area contributed by atoms with Gasteiger partial charge < -0.3 is 9.15 Å². The molecule has 0 aliphatic heterocycles. The maximum absolute atomic E-state index is 13.0. The Hall–Kier alpha value is -2.81. The summed E-state index contributed by atoms with van der Waals surface area (Å²) in [6, 6.07) is 9.78. The molecular weight excluding hydrogens is 385 g/mol. The predicted octanol–water partition coefficient (Wildman–Crippen LogP) is 4.13. The van der Waals surface area contributed by atoms with E-state index in [2.05, 4.69) is 26.1 Å². The van der Waals surface area contributed by atoms with E-state index in [9.17, 15) is 14.5 Å². The van der Waals surface area contributed by atoms with Gasteiger partial charge in [0.1, 0.15) is 11.6 Å². The zero-order chi connectivity index (χ0) is 17.1. The molecule has 0 amide bonds. The Morgan fingerprint density at radius 3 is 2.62 bits per heavy atom. The molecule has 0 aliphatic carbocycles. The van der Waals surface area contributed by atoms with Gasteiger partial charge in [-0.15, -0.1) is 10.2 Å². The van der Waals surface area contributed by atoms with Gasteiger partial charge in [0.05, 0.1) is 9.40 Å². The Bertz CT molecular complexity index is 883. The summed E-state index contributed by atoms with van der Waals surface area (Å²) in [6.07, 6.45) is 0. The minimum atomic E-state index is -0.489. The van der Waals surface area contributed by atoms with Gasteiger partial charge in [0.2, 0.25) is 5.89 Å². The molecule has 24 heavy (non-hydrogen) atoms. The summed E-state index contributed by atoms with van der Waals surface area (Å²) in [7, 11) is 0. The molecule has 3 rings (SSSR count). The highest BCUT2D eigenvalue weighted by atomic mass is 79.9. The van der Waals surface area contributed by atoms with Crippen LogP contribution in [0, 0.1) is 15.9 Å². The summed E-state index contributed by atoms with van der Waals surface area (Å²) in [6.45, 7) is 0.00418. The van der Waals surface area contributed by atoms with Crippen LogP contribution in [0.3, 0.4) is 0 Å². The van der Waals surface area contributed by atoms with Crippen LogP contribution in [0.1, 0.15) is 5.89 Å². The number of non-ortho nitro benzene ring substituents is 1. The fourth-order valence-corrected chi connectivity index (χ4v) is 2.35. The molecule has 7 nitrogen and oxygen atoms in total. The number of rotatable bonds is 5. The molecule has 1 aromatic heterocycles. The number of halogens is 2. The maximum atomic E-state index is 13.0. The second-order valence-corrected chi connectivity index (χ2v) is 5.52. The number of nitro groups is 1. The molecule has 0 bridgehead atoms. The largest absolute Gasteiger partial charge is 0.483 e. The number of hydrogen-bond donors (Lipinski definition) is 0. The Labute approximate surface area is 143 Å². The molecule has 122 valence electrons. The van der Waals surface area contributed by atoms with Crippen molar-refractivity contribution in [2.45, 2.75) is 6.61 Å².